The Balaban J connectivity index is 1.67. The van der Waals surface area contributed by atoms with Crippen molar-refractivity contribution in [1.82, 2.24) is 5.32 Å². The Morgan fingerprint density at radius 2 is 1.64 bits per heavy atom. The van der Waals surface area contributed by atoms with Gasteiger partial charge in [-0.05, 0) is 48.4 Å². The van der Waals surface area contributed by atoms with Crippen molar-refractivity contribution in [3.8, 4) is 0 Å². The van der Waals surface area contributed by atoms with Gasteiger partial charge >= 0.3 is 0 Å². The summed E-state index contributed by atoms with van der Waals surface area (Å²) in [6, 6.07) is 12.1. The van der Waals surface area contributed by atoms with Gasteiger partial charge in [-0.3, -0.25) is 4.79 Å². The number of hydrogen-bond donors (Lipinski definition) is 3. The Morgan fingerprint density at radius 3 is 2.24 bits per heavy atom. The van der Waals surface area contributed by atoms with Crippen LogP contribution in [0.1, 0.15) is 12.0 Å². The van der Waals surface area contributed by atoms with E-state index >= 15 is 0 Å². The number of carbonyl (C=O) groups excluding carboxylic acids is 1. The molecular weight excluding hydrogens is 345 g/mol. The van der Waals surface area contributed by atoms with Crippen LogP contribution in [0.3, 0.4) is 0 Å². The molecule has 0 aliphatic rings. The molecule has 8 heteroatoms. The predicted molar refractivity (Wildman–Crippen MR) is 94.0 cm³/mol. The molecule has 0 spiro atoms. The predicted octanol–water partition coefficient (Wildman–Crippen LogP) is 1.63. The van der Waals surface area contributed by atoms with Gasteiger partial charge in [-0.2, -0.15) is 0 Å². The number of primary sulfonamides is 1. The molecule has 0 bridgehead atoms. The summed E-state index contributed by atoms with van der Waals surface area (Å²) in [5.41, 5.74) is 1.65. The first-order valence-corrected chi connectivity index (χ1v) is 9.27. The first-order chi connectivity index (χ1) is 11.8. The Hall–Kier alpha value is -2.45. The van der Waals surface area contributed by atoms with Crippen LogP contribution in [0.2, 0.25) is 0 Å². The van der Waals surface area contributed by atoms with Gasteiger partial charge in [0.25, 0.3) is 0 Å². The quantitative estimate of drug-likeness (QED) is 0.662. The number of halogens is 1. The van der Waals surface area contributed by atoms with Gasteiger partial charge in [0.2, 0.25) is 15.9 Å². The van der Waals surface area contributed by atoms with Crippen molar-refractivity contribution in [2.45, 2.75) is 17.7 Å². The Bertz CT molecular complexity index is 806. The topological polar surface area (TPSA) is 101 Å². The minimum Gasteiger partial charge on any atom is -0.385 e. The van der Waals surface area contributed by atoms with Gasteiger partial charge in [0.05, 0.1) is 4.90 Å². The number of sulfonamides is 1. The lowest BCUT2D eigenvalue weighted by Crippen LogP contribution is -2.27. The Kier molecular flexibility index (Phi) is 6.49. The number of rotatable bonds is 8. The van der Waals surface area contributed by atoms with E-state index in [-0.39, 0.29) is 16.6 Å². The van der Waals surface area contributed by atoms with Gasteiger partial charge in [0.15, 0.2) is 0 Å². The molecular formula is C17H20FN3O3S. The molecule has 0 aromatic heterocycles. The average molecular weight is 365 g/mol. The molecule has 1 amide bonds. The first-order valence-electron chi connectivity index (χ1n) is 7.72. The monoisotopic (exact) mass is 365 g/mol. The first kappa shape index (κ1) is 18.9. The van der Waals surface area contributed by atoms with E-state index in [1.807, 2.05) is 0 Å². The molecule has 4 N–H and O–H groups in total. The molecule has 6 nitrogen and oxygen atoms in total. The molecule has 134 valence electrons. The van der Waals surface area contributed by atoms with Crippen molar-refractivity contribution < 1.29 is 17.6 Å². The minimum atomic E-state index is -3.69. The maximum atomic E-state index is 12.8. The molecule has 0 fully saturated rings. The van der Waals surface area contributed by atoms with Crippen LogP contribution in [0.15, 0.2) is 53.4 Å². The molecule has 2 aromatic rings. The van der Waals surface area contributed by atoms with Gasteiger partial charge < -0.3 is 10.6 Å². The van der Waals surface area contributed by atoms with Gasteiger partial charge in [0.1, 0.15) is 5.82 Å². The summed E-state index contributed by atoms with van der Waals surface area (Å²) >= 11 is 0. The average Bonchev–Trinajstić information content (AvgIpc) is 2.56. The van der Waals surface area contributed by atoms with Crippen LogP contribution in [0.4, 0.5) is 10.1 Å². The van der Waals surface area contributed by atoms with E-state index in [2.05, 4.69) is 10.6 Å². The number of hydrogen-bond acceptors (Lipinski definition) is 4. The second-order valence-corrected chi connectivity index (χ2v) is 7.03. The molecule has 2 aromatic carbocycles. The fourth-order valence-corrected chi connectivity index (χ4v) is 2.68. The highest BCUT2D eigenvalue weighted by Crippen LogP contribution is 2.09. The van der Waals surface area contributed by atoms with Gasteiger partial charge in [0, 0.05) is 25.2 Å². The van der Waals surface area contributed by atoms with E-state index in [0.717, 1.165) is 11.3 Å². The third-order valence-electron chi connectivity index (χ3n) is 3.51. The van der Waals surface area contributed by atoms with E-state index in [1.54, 1.807) is 24.3 Å². The number of amides is 1. The molecule has 2 rings (SSSR count). The lowest BCUT2D eigenvalue weighted by Gasteiger charge is -2.08. The molecule has 0 aliphatic heterocycles. The summed E-state index contributed by atoms with van der Waals surface area (Å²) in [4.78, 5) is 11.8. The molecule has 0 saturated carbocycles. The summed E-state index contributed by atoms with van der Waals surface area (Å²) in [6.07, 6.45) is 0.879. The summed E-state index contributed by atoms with van der Waals surface area (Å²) < 4.78 is 35.1. The summed E-state index contributed by atoms with van der Waals surface area (Å²) in [5.74, 6) is -0.406. The second kappa shape index (κ2) is 8.59. The molecule has 0 heterocycles. The Labute approximate surface area is 146 Å². The summed E-state index contributed by atoms with van der Waals surface area (Å²) in [5, 5.41) is 10.9. The van der Waals surface area contributed by atoms with Gasteiger partial charge in [-0.25, -0.2) is 17.9 Å². The van der Waals surface area contributed by atoms with Crippen molar-refractivity contribution in [2.24, 2.45) is 5.14 Å². The third-order valence-corrected chi connectivity index (χ3v) is 4.44. The molecule has 0 atom stereocenters. The lowest BCUT2D eigenvalue weighted by molar-refractivity contribution is -0.120. The normalized spacial score (nSPS) is 11.1. The van der Waals surface area contributed by atoms with Crippen LogP contribution >= 0.6 is 0 Å². The number of nitrogens with two attached hydrogens (primary N) is 1. The van der Waals surface area contributed by atoms with Gasteiger partial charge in [-0.15, -0.1) is 0 Å². The fourth-order valence-electron chi connectivity index (χ4n) is 2.17. The standard InChI is InChI=1S/C17H20FN3O3S/c18-14-3-5-15(6-4-14)20-12-10-17(22)21-11-9-13-1-7-16(8-2-13)25(19,23)24/h1-8,20H,9-12H2,(H,21,22)(H2,19,23,24). The number of nitrogens with one attached hydrogen (secondary N) is 2. The SMILES string of the molecule is NS(=O)(=O)c1ccc(CCNC(=O)CCNc2ccc(F)cc2)cc1. The zero-order valence-electron chi connectivity index (χ0n) is 13.5. The van der Waals surface area contributed by atoms with Crippen LogP contribution in [0.25, 0.3) is 0 Å². The summed E-state index contributed by atoms with van der Waals surface area (Å²) in [7, 11) is -3.69. The van der Waals surface area contributed by atoms with E-state index in [4.69, 9.17) is 5.14 Å². The van der Waals surface area contributed by atoms with Crippen LogP contribution in [0.5, 0.6) is 0 Å². The van der Waals surface area contributed by atoms with Crippen LogP contribution in [0, 0.1) is 5.82 Å². The molecule has 25 heavy (non-hydrogen) atoms. The van der Waals surface area contributed by atoms with Crippen molar-refractivity contribution in [1.29, 1.82) is 0 Å². The lowest BCUT2D eigenvalue weighted by atomic mass is 10.1. The molecule has 0 unspecified atom stereocenters. The summed E-state index contributed by atoms with van der Waals surface area (Å²) in [6.45, 7) is 0.893. The highest BCUT2D eigenvalue weighted by atomic mass is 32.2. The zero-order chi connectivity index (χ0) is 18.3. The molecule has 0 radical (unpaired) electrons. The highest BCUT2D eigenvalue weighted by Gasteiger charge is 2.07. The maximum Gasteiger partial charge on any atom is 0.238 e. The largest absolute Gasteiger partial charge is 0.385 e. The Morgan fingerprint density at radius 1 is 1.00 bits per heavy atom. The van der Waals surface area contributed by atoms with Crippen molar-refractivity contribution in [3.05, 3.63) is 59.9 Å². The van der Waals surface area contributed by atoms with Crippen molar-refractivity contribution >= 4 is 21.6 Å². The van der Waals surface area contributed by atoms with E-state index in [1.165, 1.54) is 24.3 Å². The van der Waals surface area contributed by atoms with Gasteiger partial charge in [-0.1, -0.05) is 12.1 Å². The van der Waals surface area contributed by atoms with E-state index in [0.29, 0.717) is 25.9 Å². The molecule has 0 aliphatic carbocycles. The zero-order valence-corrected chi connectivity index (χ0v) is 14.4. The second-order valence-electron chi connectivity index (χ2n) is 5.47. The minimum absolute atomic E-state index is 0.0622. The van der Waals surface area contributed by atoms with Crippen molar-refractivity contribution in [3.63, 3.8) is 0 Å². The van der Waals surface area contributed by atoms with Crippen LogP contribution < -0.4 is 15.8 Å². The van der Waals surface area contributed by atoms with Crippen LogP contribution in [-0.2, 0) is 21.2 Å². The molecule has 0 saturated heterocycles. The number of anilines is 1. The number of benzene rings is 2. The number of carbonyl (C=O) groups is 1. The van der Waals surface area contributed by atoms with E-state index < -0.39 is 10.0 Å². The maximum absolute atomic E-state index is 12.8. The van der Waals surface area contributed by atoms with Crippen LogP contribution in [-0.4, -0.2) is 27.4 Å². The smallest absolute Gasteiger partial charge is 0.238 e. The van der Waals surface area contributed by atoms with Crippen molar-refractivity contribution in [2.75, 3.05) is 18.4 Å². The third kappa shape index (κ3) is 6.52. The fraction of sp³-hybridized carbons (Fsp3) is 0.235. The van der Waals surface area contributed by atoms with E-state index in [9.17, 15) is 17.6 Å². The highest BCUT2D eigenvalue weighted by molar-refractivity contribution is 7.89.